The summed E-state index contributed by atoms with van der Waals surface area (Å²) < 4.78 is 5.17. The largest absolute Gasteiger partial charge is 0.497 e. The second kappa shape index (κ2) is 6.61. The molecule has 1 aromatic heterocycles. The molecule has 122 valence electrons. The summed E-state index contributed by atoms with van der Waals surface area (Å²) in [6.07, 6.45) is 1.80. The van der Waals surface area contributed by atoms with E-state index in [9.17, 15) is 0 Å². The number of methoxy groups -OCH3 is 1. The average Bonchev–Trinajstić information content (AvgIpc) is 2.68. The van der Waals surface area contributed by atoms with Crippen LogP contribution in [0.15, 0.2) is 77.9 Å². The quantitative estimate of drug-likeness (QED) is 0.331. The van der Waals surface area contributed by atoms with Crippen LogP contribution in [-0.4, -0.2) is 18.3 Å². The Morgan fingerprint density at radius 3 is 2.04 bits per heavy atom. The normalized spacial score (nSPS) is 11.2. The van der Waals surface area contributed by atoms with Crippen LogP contribution in [0.3, 0.4) is 0 Å². The van der Waals surface area contributed by atoms with Gasteiger partial charge in [-0.25, -0.2) is 4.98 Å². The van der Waals surface area contributed by atoms with Gasteiger partial charge in [0.05, 0.1) is 30.0 Å². The lowest BCUT2D eigenvalue weighted by molar-refractivity contribution is 0.415. The molecule has 0 aliphatic heterocycles. The Morgan fingerprint density at radius 1 is 0.840 bits per heavy atom. The molecule has 4 nitrogen and oxygen atoms in total. The number of nitrogens with one attached hydrogen (secondary N) is 1. The molecule has 0 spiro atoms. The number of benzene rings is 3. The monoisotopic (exact) mass is 327 g/mol. The maximum absolute atomic E-state index is 5.17. The smallest absolute Gasteiger partial charge is 0.118 e. The molecule has 1 N–H and O–H groups in total. The predicted octanol–water partition coefficient (Wildman–Crippen LogP) is 4.84. The van der Waals surface area contributed by atoms with E-state index in [-0.39, 0.29) is 0 Å². The van der Waals surface area contributed by atoms with E-state index < -0.39 is 0 Å². The fraction of sp³-hybridized carbons (Fsp3) is 0.0476. The van der Waals surface area contributed by atoms with Crippen LogP contribution < -0.4 is 10.2 Å². The Kier molecular flexibility index (Phi) is 4.01. The number of anilines is 1. The van der Waals surface area contributed by atoms with Crippen molar-refractivity contribution in [3.05, 3.63) is 78.4 Å². The van der Waals surface area contributed by atoms with Crippen LogP contribution in [0.25, 0.3) is 21.8 Å². The van der Waals surface area contributed by atoms with Gasteiger partial charge in [0.2, 0.25) is 0 Å². The van der Waals surface area contributed by atoms with Crippen molar-refractivity contribution in [2.75, 3.05) is 12.5 Å². The Labute approximate surface area is 145 Å². The summed E-state index contributed by atoms with van der Waals surface area (Å²) in [5, 5.41) is 6.52. The Bertz CT molecular complexity index is 1000. The summed E-state index contributed by atoms with van der Waals surface area (Å²) in [7, 11) is 1.66. The van der Waals surface area contributed by atoms with Gasteiger partial charge < -0.3 is 4.74 Å². The zero-order valence-corrected chi connectivity index (χ0v) is 13.8. The van der Waals surface area contributed by atoms with Gasteiger partial charge in [0.15, 0.2) is 0 Å². The molecule has 0 bridgehead atoms. The van der Waals surface area contributed by atoms with Gasteiger partial charge in [-0.3, -0.25) is 5.43 Å². The predicted molar refractivity (Wildman–Crippen MR) is 103 cm³/mol. The highest BCUT2D eigenvalue weighted by molar-refractivity contribution is 6.07. The highest BCUT2D eigenvalue weighted by Gasteiger charge is 2.07. The lowest BCUT2D eigenvalue weighted by atomic mass is 10.1. The van der Waals surface area contributed by atoms with Crippen LogP contribution >= 0.6 is 0 Å². The third-order valence-corrected chi connectivity index (χ3v) is 4.09. The third-order valence-electron chi connectivity index (χ3n) is 4.09. The maximum Gasteiger partial charge on any atom is 0.118 e. The number of aromatic nitrogens is 1. The molecule has 0 amide bonds. The van der Waals surface area contributed by atoms with Crippen molar-refractivity contribution in [1.82, 2.24) is 4.98 Å². The summed E-state index contributed by atoms with van der Waals surface area (Å²) >= 11 is 0. The van der Waals surface area contributed by atoms with E-state index in [0.29, 0.717) is 0 Å². The fourth-order valence-corrected chi connectivity index (χ4v) is 2.82. The van der Waals surface area contributed by atoms with Crippen LogP contribution in [0.4, 0.5) is 5.69 Å². The molecule has 3 aromatic carbocycles. The summed E-state index contributed by atoms with van der Waals surface area (Å²) in [6, 6.07) is 23.9. The lowest BCUT2D eigenvalue weighted by Gasteiger charge is -2.09. The molecule has 0 aliphatic rings. The van der Waals surface area contributed by atoms with E-state index in [4.69, 9.17) is 9.72 Å². The zero-order valence-electron chi connectivity index (χ0n) is 13.8. The SMILES string of the molecule is COc1ccc(C=NNc2c3ccccc3nc3ccccc23)cc1. The first kappa shape index (κ1) is 15.1. The second-order valence-corrected chi connectivity index (χ2v) is 5.66. The lowest BCUT2D eigenvalue weighted by Crippen LogP contribution is -1.95. The van der Waals surface area contributed by atoms with Crippen LogP contribution in [0.5, 0.6) is 5.75 Å². The number of rotatable bonds is 4. The number of hydrogen-bond acceptors (Lipinski definition) is 4. The van der Waals surface area contributed by atoms with Crippen molar-refractivity contribution in [3.63, 3.8) is 0 Å². The van der Waals surface area contributed by atoms with Gasteiger partial charge in [0, 0.05) is 10.8 Å². The van der Waals surface area contributed by atoms with Crippen molar-refractivity contribution in [3.8, 4) is 5.75 Å². The zero-order chi connectivity index (χ0) is 17.1. The second-order valence-electron chi connectivity index (χ2n) is 5.66. The number of nitrogens with zero attached hydrogens (tertiary/aromatic N) is 2. The number of ether oxygens (including phenoxy) is 1. The summed E-state index contributed by atoms with van der Waals surface area (Å²) in [4.78, 5) is 4.72. The summed E-state index contributed by atoms with van der Waals surface area (Å²) in [5.41, 5.74) is 7.06. The van der Waals surface area contributed by atoms with Gasteiger partial charge >= 0.3 is 0 Å². The van der Waals surface area contributed by atoms with Crippen molar-refractivity contribution >= 4 is 33.7 Å². The molecule has 4 rings (SSSR count). The van der Waals surface area contributed by atoms with Crippen molar-refractivity contribution < 1.29 is 4.74 Å². The van der Waals surface area contributed by atoms with Crippen LogP contribution in [0.2, 0.25) is 0 Å². The minimum absolute atomic E-state index is 0.830. The highest BCUT2D eigenvalue weighted by atomic mass is 16.5. The molecule has 0 saturated heterocycles. The fourth-order valence-electron chi connectivity index (χ4n) is 2.82. The first-order valence-electron chi connectivity index (χ1n) is 8.06. The van der Waals surface area contributed by atoms with Crippen molar-refractivity contribution in [1.29, 1.82) is 0 Å². The molecular weight excluding hydrogens is 310 g/mol. The van der Waals surface area contributed by atoms with Crippen molar-refractivity contribution in [2.24, 2.45) is 5.10 Å². The molecule has 4 heteroatoms. The number of fused-ring (bicyclic) bond motifs is 2. The van der Waals surface area contributed by atoms with Crippen LogP contribution in [-0.2, 0) is 0 Å². The van der Waals surface area contributed by atoms with E-state index >= 15 is 0 Å². The van der Waals surface area contributed by atoms with E-state index in [0.717, 1.165) is 38.8 Å². The average molecular weight is 327 g/mol. The summed E-state index contributed by atoms with van der Waals surface area (Å²) in [6.45, 7) is 0. The van der Waals surface area contributed by atoms with Crippen LogP contribution in [0, 0.1) is 0 Å². The number of hydrogen-bond donors (Lipinski definition) is 1. The van der Waals surface area contributed by atoms with Gasteiger partial charge in [-0.05, 0) is 42.0 Å². The highest BCUT2D eigenvalue weighted by Crippen LogP contribution is 2.30. The molecule has 0 radical (unpaired) electrons. The molecule has 0 atom stereocenters. The number of para-hydroxylation sites is 2. The molecular formula is C21H17N3O. The Balaban J connectivity index is 1.72. The minimum atomic E-state index is 0.830. The number of hydrazone groups is 1. The van der Waals surface area contributed by atoms with E-state index in [2.05, 4.69) is 22.7 Å². The van der Waals surface area contributed by atoms with Gasteiger partial charge in [-0.1, -0.05) is 36.4 Å². The molecule has 0 fully saturated rings. The van der Waals surface area contributed by atoms with E-state index in [1.807, 2.05) is 60.7 Å². The molecule has 0 aliphatic carbocycles. The molecule has 1 heterocycles. The van der Waals surface area contributed by atoms with Gasteiger partial charge in [0.25, 0.3) is 0 Å². The molecule has 0 saturated carbocycles. The molecule has 4 aromatic rings. The van der Waals surface area contributed by atoms with Gasteiger partial charge in [-0.15, -0.1) is 0 Å². The first-order valence-corrected chi connectivity index (χ1v) is 8.06. The Morgan fingerprint density at radius 2 is 1.44 bits per heavy atom. The topological polar surface area (TPSA) is 46.5 Å². The third kappa shape index (κ3) is 3.02. The maximum atomic E-state index is 5.17. The van der Waals surface area contributed by atoms with Crippen LogP contribution in [0.1, 0.15) is 5.56 Å². The molecule has 25 heavy (non-hydrogen) atoms. The van der Waals surface area contributed by atoms with Gasteiger partial charge in [-0.2, -0.15) is 5.10 Å². The summed E-state index contributed by atoms with van der Waals surface area (Å²) in [5.74, 6) is 0.830. The first-order chi connectivity index (χ1) is 12.3. The molecule has 0 unspecified atom stereocenters. The standard InChI is InChI=1S/C21H17N3O/c1-25-16-12-10-15(11-13-16)14-22-24-21-17-6-2-4-8-19(17)23-20-9-5-3-7-18(20)21/h2-14H,1H3,(H,23,24). The van der Waals surface area contributed by atoms with Crippen molar-refractivity contribution in [2.45, 2.75) is 0 Å². The Hall–Kier alpha value is -3.40. The van der Waals surface area contributed by atoms with E-state index in [1.54, 1.807) is 13.3 Å². The minimum Gasteiger partial charge on any atom is -0.497 e. The van der Waals surface area contributed by atoms with Gasteiger partial charge in [0.1, 0.15) is 5.75 Å². The number of pyridine rings is 1. The van der Waals surface area contributed by atoms with E-state index in [1.165, 1.54) is 0 Å².